The summed E-state index contributed by atoms with van der Waals surface area (Å²) >= 11 is 0. The van der Waals surface area contributed by atoms with Crippen molar-refractivity contribution in [1.82, 2.24) is 0 Å². The highest BCUT2D eigenvalue weighted by Crippen LogP contribution is 2.31. The average molecular weight is 388 g/mol. The molecule has 3 rings (SSSR count). The quantitative estimate of drug-likeness (QED) is 0.591. The van der Waals surface area contributed by atoms with E-state index in [1.165, 1.54) is 18.2 Å². The van der Waals surface area contributed by atoms with E-state index in [0.717, 1.165) is 0 Å². The van der Waals surface area contributed by atoms with Crippen LogP contribution in [0.25, 0.3) is 11.1 Å². The zero-order chi connectivity index (χ0) is 20.1. The molecule has 0 saturated heterocycles. The molecule has 0 aromatic heterocycles. The first kappa shape index (κ1) is 19.3. The van der Waals surface area contributed by atoms with Crippen LogP contribution in [0.2, 0.25) is 0 Å². The van der Waals surface area contributed by atoms with Gasteiger partial charge >= 0.3 is 12.3 Å². The first-order chi connectivity index (χ1) is 13.3. The van der Waals surface area contributed by atoms with Gasteiger partial charge in [0.25, 0.3) is 0 Å². The Morgan fingerprint density at radius 1 is 0.821 bits per heavy atom. The molecular weight excluding hydrogens is 373 g/mol. The van der Waals surface area contributed by atoms with E-state index in [2.05, 4.69) is 4.74 Å². The fourth-order valence-corrected chi connectivity index (χ4v) is 2.64. The predicted octanol–water partition coefficient (Wildman–Crippen LogP) is 5.67. The Morgan fingerprint density at radius 3 is 1.96 bits per heavy atom. The van der Waals surface area contributed by atoms with Crippen LogP contribution in [-0.4, -0.2) is 17.4 Å². The lowest BCUT2D eigenvalue weighted by Gasteiger charge is -2.11. The summed E-state index contributed by atoms with van der Waals surface area (Å²) in [5.41, 5.74) is 1.77. The number of hydrogen-bond donors (Lipinski definition) is 1. The average Bonchev–Trinajstić information content (AvgIpc) is 2.60. The Morgan fingerprint density at radius 2 is 1.36 bits per heavy atom. The fraction of sp³-hybridized carbons (Fsp3) is 0.0952. The zero-order valence-corrected chi connectivity index (χ0v) is 14.4. The van der Waals surface area contributed by atoms with Crippen molar-refractivity contribution in [3.8, 4) is 28.4 Å². The summed E-state index contributed by atoms with van der Waals surface area (Å²) in [6, 6.07) is 19.2. The third kappa shape index (κ3) is 5.51. The van der Waals surface area contributed by atoms with Gasteiger partial charge in [-0.3, -0.25) is 4.79 Å². The SMILES string of the molecule is O=C(O)Cc1cccc(Oc2cccc(-c3cccc(OC(F)(F)F)c3)c2)c1. The van der Waals surface area contributed by atoms with Gasteiger partial charge in [0.2, 0.25) is 0 Å². The molecule has 4 nitrogen and oxygen atoms in total. The van der Waals surface area contributed by atoms with Crippen LogP contribution in [0.5, 0.6) is 17.2 Å². The van der Waals surface area contributed by atoms with Crippen LogP contribution in [-0.2, 0) is 11.2 Å². The van der Waals surface area contributed by atoms with Crippen molar-refractivity contribution < 1.29 is 32.5 Å². The van der Waals surface area contributed by atoms with Gasteiger partial charge in [-0.15, -0.1) is 13.2 Å². The topological polar surface area (TPSA) is 55.8 Å². The van der Waals surface area contributed by atoms with Gasteiger partial charge in [-0.1, -0.05) is 36.4 Å². The molecule has 0 aliphatic rings. The maximum atomic E-state index is 12.4. The van der Waals surface area contributed by atoms with Gasteiger partial charge < -0.3 is 14.6 Å². The van der Waals surface area contributed by atoms with Crippen molar-refractivity contribution in [1.29, 1.82) is 0 Å². The highest BCUT2D eigenvalue weighted by molar-refractivity contribution is 5.70. The number of aliphatic carboxylic acids is 1. The van der Waals surface area contributed by atoms with Gasteiger partial charge in [0.1, 0.15) is 17.2 Å². The van der Waals surface area contributed by atoms with Gasteiger partial charge in [-0.05, 0) is 53.1 Å². The molecular formula is C21H15F3O4. The van der Waals surface area contributed by atoms with Crippen LogP contribution in [0.4, 0.5) is 13.2 Å². The zero-order valence-electron chi connectivity index (χ0n) is 14.4. The number of alkyl halides is 3. The third-order valence-electron chi connectivity index (χ3n) is 3.72. The molecule has 0 bridgehead atoms. The minimum Gasteiger partial charge on any atom is -0.481 e. The Balaban J connectivity index is 1.81. The van der Waals surface area contributed by atoms with Crippen molar-refractivity contribution in [2.24, 2.45) is 0 Å². The molecule has 0 atom stereocenters. The lowest BCUT2D eigenvalue weighted by Crippen LogP contribution is -2.17. The molecule has 0 saturated carbocycles. The van der Waals surface area contributed by atoms with E-state index in [0.29, 0.717) is 28.2 Å². The second-order valence-electron chi connectivity index (χ2n) is 5.92. The molecule has 0 aliphatic heterocycles. The lowest BCUT2D eigenvalue weighted by molar-refractivity contribution is -0.274. The summed E-state index contributed by atoms with van der Waals surface area (Å²) in [7, 11) is 0. The Kier molecular flexibility index (Phi) is 5.54. The maximum absolute atomic E-state index is 12.4. The molecule has 0 unspecified atom stereocenters. The summed E-state index contributed by atoms with van der Waals surface area (Å²) in [4.78, 5) is 10.8. The van der Waals surface area contributed by atoms with E-state index in [9.17, 15) is 18.0 Å². The molecule has 1 N–H and O–H groups in total. The molecule has 0 aliphatic carbocycles. The van der Waals surface area contributed by atoms with E-state index in [1.54, 1.807) is 54.6 Å². The molecule has 144 valence electrons. The first-order valence-corrected chi connectivity index (χ1v) is 8.23. The molecule has 0 heterocycles. The number of halogens is 3. The fourth-order valence-electron chi connectivity index (χ4n) is 2.64. The van der Waals surface area contributed by atoms with Gasteiger partial charge in [0.15, 0.2) is 0 Å². The normalized spacial score (nSPS) is 11.1. The number of carboxylic acids is 1. The number of rotatable bonds is 6. The molecule has 28 heavy (non-hydrogen) atoms. The molecule has 7 heteroatoms. The highest BCUT2D eigenvalue weighted by Gasteiger charge is 2.31. The van der Waals surface area contributed by atoms with E-state index in [4.69, 9.17) is 9.84 Å². The molecule has 0 amide bonds. The molecule has 3 aromatic carbocycles. The van der Waals surface area contributed by atoms with Crippen molar-refractivity contribution in [2.75, 3.05) is 0 Å². The van der Waals surface area contributed by atoms with Gasteiger partial charge in [0, 0.05) is 0 Å². The van der Waals surface area contributed by atoms with Crippen LogP contribution in [0.3, 0.4) is 0 Å². The monoisotopic (exact) mass is 388 g/mol. The van der Waals surface area contributed by atoms with Gasteiger partial charge in [-0.2, -0.15) is 0 Å². The van der Waals surface area contributed by atoms with E-state index >= 15 is 0 Å². The highest BCUT2D eigenvalue weighted by atomic mass is 19.4. The Hall–Kier alpha value is -3.48. The smallest absolute Gasteiger partial charge is 0.481 e. The Bertz CT molecular complexity index is 983. The van der Waals surface area contributed by atoms with E-state index < -0.39 is 12.3 Å². The van der Waals surface area contributed by atoms with Crippen molar-refractivity contribution >= 4 is 5.97 Å². The third-order valence-corrected chi connectivity index (χ3v) is 3.72. The van der Waals surface area contributed by atoms with Crippen molar-refractivity contribution in [2.45, 2.75) is 12.8 Å². The van der Waals surface area contributed by atoms with E-state index in [1.807, 2.05) is 0 Å². The van der Waals surface area contributed by atoms with Gasteiger partial charge in [0.05, 0.1) is 6.42 Å². The summed E-state index contributed by atoms with van der Waals surface area (Å²) in [6.45, 7) is 0. The molecule has 0 spiro atoms. The second kappa shape index (κ2) is 8.04. The molecule has 3 aromatic rings. The Labute approximate surface area is 158 Å². The van der Waals surface area contributed by atoms with Crippen LogP contribution in [0, 0.1) is 0 Å². The number of benzene rings is 3. The van der Waals surface area contributed by atoms with Gasteiger partial charge in [-0.25, -0.2) is 0 Å². The number of carboxylic acid groups (broad SMARTS) is 1. The standard InChI is InChI=1S/C21H15F3O4/c22-21(23,24)28-19-9-3-6-16(13-19)15-5-2-8-18(12-15)27-17-7-1-4-14(10-17)11-20(25)26/h1-10,12-13H,11H2,(H,25,26). The number of hydrogen-bond acceptors (Lipinski definition) is 3. The maximum Gasteiger partial charge on any atom is 0.573 e. The number of carbonyl (C=O) groups is 1. The van der Waals surface area contributed by atoms with E-state index in [-0.39, 0.29) is 12.2 Å². The summed E-state index contributed by atoms with van der Waals surface area (Å²) < 4.78 is 47.0. The minimum absolute atomic E-state index is 0.122. The minimum atomic E-state index is -4.76. The summed E-state index contributed by atoms with van der Waals surface area (Å²) in [6.07, 6.45) is -4.88. The predicted molar refractivity (Wildman–Crippen MR) is 96.4 cm³/mol. The van der Waals surface area contributed by atoms with Crippen LogP contribution < -0.4 is 9.47 Å². The summed E-state index contributed by atoms with van der Waals surface area (Å²) in [5, 5.41) is 8.88. The molecule has 0 radical (unpaired) electrons. The van der Waals surface area contributed by atoms with Crippen molar-refractivity contribution in [3.63, 3.8) is 0 Å². The van der Waals surface area contributed by atoms with Crippen LogP contribution in [0.1, 0.15) is 5.56 Å². The second-order valence-corrected chi connectivity index (χ2v) is 5.92. The first-order valence-electron chi connectivity index (χ1n) is 8.23. The number of ether oxygens (including phenoxy) is 2. The lowest BCUT2D eigenvalue weighted by atomic mass is 10.1. The molecule has 0 fully saturated rings. The summed E-state index contributed by atoms with van der Waals surface area (Å²) in [5.74, 6) is -0.324. The van der Waals surface area contributed by atoms with Crippen LogP contribution in [0.15, 0.2) is 72.8 Å². The van der Waals surface area contributed by atoms with Crippen molar-refractivity contribution in [3.05, 3.63) is 78.4 Å². The largest absolute Gasteiger partial charge is 0.573 e. The van der Waals surface area contributed by atoms with Crippen LogP contribution >= 0.6 is 0 Å².